The second-order valence-electron chi connectivity index (χ2n) is 9.36. The van der Waals surface area contributed by atoms with Crippen molar-refractivity contribution in [3.63, 3.8) is 0 Å². The van der Waals surface area contributed by atoms with Crippen LogP contribution in [0.1, 0.15) is 53.7 Å². The summed E-state index contributed by atoms with van der Waals surface area (Å²) in [5.41, 5.74) is 4.89. The summed E-state index contributed by atoms with van der Waals surface area (Å²) in [7, 11) is 3.33. The van der Waals surface area contributed by atoms with E-state index in [9.17, 15) is 9.59 Å². The van der Waals surface area contributed by atoms with Gasteiger partial charge in [0, 0.05) is 50.0 Å². The molecule has 0 aliphatic rings. The fraction of sp³-hybridized carbons (Fsp3) is 0.300. The van der Waals surface area contributed by atoms with Gasteiger partial charge in [-0.3, -0.25) is 19.0 Å². The van der Waals surface area contributed by atoms with E-state index in [1.807, 2.05) is 48.7 Å². The average molecular weight is 527 g/mol. The Morgan fingerprint density at radius 1 is 1.15 bits per heavy atom. The summed E-state index contributed by atoms with van der Waals surface area (Å²) >= 11 is 0. The van der Waals surface area contributed by atoms with E-state index in [-0.39, 0.29) is 17.9 Å². The van der Waals surface area contributed by atoms with Gasteiger partial charge >= 0.3 is 0 Å². The molecule has 0 saturated carbocycles. The maximum atomic E-state index is 12.9. The monoisotopic (exact) mass is 526 g/mol. The van der Waals surface area contributed by atoms with Crippen molar-refractivity contribution < 1.29 is 14.3 Å². The van der Waals surface area contributed by atoms with Crippen molar-refractivity contribution in [2.45, 2.75) is 39.7 Å². The molecule has 4 rings (SSSR count). The van der Waals surface area contributed by atoms with Gasteiger partial charge in [0.2, 0.25) is 5.91 Å². The first-order valence-electron chi connectivity index (χ1n) is 13.0. The summed E-state index contributed by atoms with van der Waals surface area (Å²) in [6, 6.07) is 10.9. The molecule has 0 saturated heterocycles. The highest BCUT2D eigenvalue weighted by molar-refractivity contribution is 6.04. The summed E-state index contributed by atoms with van der Waals surface area (Å²) in [6.45, 7) is 6.35. The van der Waals surface area contributed by atoms with Gasteiger partial charge in [-0.1, -0.05) is 31.6 Å². The molecule has 0 spiro atoms. The number of imidazole rings is 1. The number of hydrogen-bond acceptors (Lipinski definition) is 6. The van der Waals surface area contributed by atoms with Crippen LogP contribution in [0.2, 0.25) is 0 Å². The molecular formula is C30H34N6O3. The molecule has 2 amide bonds. The second-order valence-corrected chi connectivity index (χ2v) is 9.36. The Hall–Kier alpha value is -4.37. The van der Waals surface area contributed by atoms with E-state index in [0.29, 0.717) is 23.8 Å². The van der Waals surface area contributed by atoms with E-state index in [1.165, 1.54) is 6.08 Å². The van der Waals surface area contributed by atoms with Crippen LogP contribution in [0.5, 0.6) is 0 Å². The molecule has 9 heteroatoms. The predicted molar refractivity (Wildman–Crippen MR) is 152 cm³/mol. The lowest BCUT2D eigenvalue weighted by Crippen LogP contribution is -2.29. The van der Waals surface area contributed by atoms with E-state index in [0.717, 1.165) is 40.9 Å². The van der Waals surface area contributed by atoms with E-state index in [2.05, 4.69) is 22.2 Å². The van der Waals surface area contributed by atoms with Crippen LogP contribution in [-0.4, -0.2) is 56.8 Å². The number of hydrogen-bond donors (Lipinski definition) is 1. The molecule has 1 aromatic carbocycles. The zero-order valence-electron chi connectivity index (χ0n) is 23.0. The summed E-state index contributed by atoms with van der Waals surface area (Å²) in [6.07, 6.45) is 10.4. The molecular weight excluding hydrogens is 492 g/mol. The minimum atomic E-state index is -0.311. The molecule has 202 valence electrons. The number of carbonyl (C=O) groups excluding carboxylic acids is 2. The van der Waals surface area contributed by atoms with Crippen LogP contribution in [-0.2, 0) is 16.0 Å². The highest BCUT2D eigenvalue weighted by Gasteiger charge is 2.24. The van der Waals surface area contributed by atoms with Gasteiger partial charge in [0.05, 0.1) is 29.6 Å². The van der Waals surface area contributed by atoms with Gasteiger partial charge in [-0.15, -0.1) is 0 Å². The molecule has 1 N–H and O–H groups in total. The largest absolute Gasteiger partial charge is 0.381 e. The summed E-state index contributed by atoms with van der Waals surface area (Å²) in [5, 5.41) is 2.88. The fourth-order valence-electron chi connectivity index (χ4n) is 4.40. The normalized spacial score (nSPS) is 12.1. The van der Waals surface area contributed by atoms with Crippen LogP contribution in [0.3, 0.4) is 0 Å². The van der Waals surface area contributed by atoms with Gasteiger partial charge in [0.15, 0.2) is 0 Å². The third-order valence-corrected chi connectivity index (χ3v) is 6.62. The average Bonchev–Trinajstić information content (AvgIpc) is 3.34. The van der Waals surface area contributed by atoms with Crippen molar-refractivity contribution in [3.8, 4) is 11.3 Å². The number of ether oxygens (including phenoxy) is 1. The van der Waals surface area contributed by atoms with Crippen LogP contribution in [0.25, 0.3) is 16.8 Å². The molecule has 3 heterocycles. The number of anilines is 1. The van der Waals surface area contributed by atoms with Gasteiger partial charge in [0.1, 0.15) is 11.6 Å². The first-order chi connectivity index (χ1) is 18.8. The number of likely N-dealkylation sites (N-methyl/N-ethyl adjacent to an activating group) is 1. The Labute approximate surface area is 228 Å². The number of nitrogens with zero attached hydrogens (tertiary/aromatic N) is 5. The molecule has 39 heavy (non-hydrogen) atoms. The van der Waals surface area contributed by atoms with Gasteiger partial charge in [-0.05, 0) is 50.1 Å². The molecule has 0 aliphatic heterocycles. The second kappa shape index (κ2) is 12.4. The highest BCUT2D eigenvalue weighted by atomic mass is 16.5. The SMILES string of the molecule is CCCc1ccnc(NC(=O)c2ccc(-c3nc([C@H](C)N(C)C(=O)/C=C/COC)n4ccnc(C)c34)cc2)c1. The van der Waals surface area contributed by atoms with Gasteiger partial charge in [-0.25, -0.2) is 9.97 Å². The van der Waals surface area contributed by atoms with Crippen molar-refractivity contribution in [1.29, 1.82) is 0 Å². The number of aryl methyl sites for hydroxylation is 2. The standard InChI is InChI=1S/C30H34N6O3/c1-6-8-22-14-15-32-25(19-22)33-30(38)24-12-10-23(11-13-24)27-28-20(2)31-16-17-36(28)29(34-27)21(3)35(4)26(37)9-7-18-39-5/h7,9-17,19,21H,6,8,18H2,1-5H3,(H,32,33,38)/b9-7+/t21-/m0/s1. The number of carbonyl (C=O) groups is 2. The first kappa shape index (κ1) is 27.7. The van der Waals surface area contributed by atoms with Gasteiger partial charge in [0.25, 0.3) is 5.91 Å². The molecule has 4 aromatic rings. The smallest absolute Gasteiger partial charge is 0.256 e. The number of benzene rings is 1. The van der Waals surface area contributed by atoms with E-state index < -0.39 is 0 Å². The first-order valence-corrected chi connectivity index (χ1v) is 13.0. The van der Waals surface area contributed by atoms with Crippen LogP contribution >= 0.6 is 0 Å². The van der Waals surface area contributed by atoms with Gasteiger partial charge in [-0.2, -0.15) is 0 Å². The minimum Gasteiger partial charge on any atom is -0.381 e. The molecule has 0 bridgehead atoms. The third kappa shape index (κ3) is 6.21. The Kier molecular flexibility index (Phi) is 8.83. The lowest BCUT2D eigenvalue weighted by Gasteiger charge is -2.22. The van der Waals surface area contributed by atoms with Crippen molar-refractivity contribution in [1.82, 2.24) is 24.3 Å². The number of rotatable bonds is 10. The zero-order valence-corrected chi connectivity index (χ0v) is 23.0. The molecule has 1 atom stereocenters. The van der Waals surface area contributed by atoms with Crippen molar-refractivity contribution in [3.05, 3.63) is 89.8 Å². The number of fused-ring (bicyclic) bond motifs is 1. The maximum Gasteiger partial charge on any atom is 0.256 e. The summed E-state index contributed by atoms with van der Waals surface area (Å²) < 4.78 is 6.97. The Morgan fingerprint density at radius 2 is 1.92 bits per heavy atom. The third-order valence-electron chi connectivity index (χ3n) is 6.62. The molecule has 0 radical (unpaired) electrons. The van der Waals surface area contributed by atoms with Crippen LogP contribution in [0, 0.1) is 6.92 Å². The lowest BCUT2D eigenvalue weighted by atomic mass is 10.1. The van der Waals surface area contributed by atoms with Crippen molar-refractivity contribution in [2.75, 3.05) is 26.1 Å². The number of methoxy groups -OCH3 is 1. The van der Waals surface area contributed by atoms with E-state index in [4.69, 9.17) is 9.72 Å². The quantitative estimate of drug-likeness (QED) is 0.291. The molecule has 0 aliphatic carbocycles. The van der Waals surface area contributed by atoms with Gasteiger partial charge < -0.3 is 15.0 Å². The van der Waals surface area contributed by atoms with E-state index >= 15 is 0 Å². The van der Waals surface area contributed by atoms with Crippen molar-refractivity contribution in [2.24, 2.45) is 0 Å². The Bertz CT molecular complexity index is 1490. The Morgan fingerprint density at radius 3 is 2.64 bits per heavy atom. The van der Waals surface area contributed by atoms with Crippen LogP contribution < -0.4 is 5.32 Å². The number of amides is 2. The zero-order chi connectivity index (χ0) is 27.9. The number of aromatic nitrogens is 4. The Balaban J connectivity index is 1.61. The maximum absolute atomic E-state index is 12.9. The molecule has 0 fully saturated rings. The van der Waals surface area contributed by atoms with Crippen LogP contribution in [0.4, 0.5) is 5.82 Å². The topological polar surface area (TPSA) is 102 Å². The van der Waals surface area contributed by atoms with E-state index in [1.54, 1.807) is 49.7 Å². The number of nitrogens with one attached hydrogen (secondary N) is 1. The highest BCUT2D eigenvalue weighted by Crippen LogP contribution is 2.30. The minimum absolute atomic E-state index is 0.145. The predicted octanol–water partition coefficient (Wildman–Crippen LogP) is 5.03. The fourth-order valence-corrected chi connectivity index (χ4v) is 4.40. The molecule has 0 unspecified atom stereocenters. The molecule has 3 aromatic heterocycles. The lowest BCUT2D eigenvalue weighted by molar-refractivity contribution is -0.126. The van der Waals surface area contributed by atoms with Crippen LogP contribution in [0.15, 0.2) is 67.1 Å². The molecule has 9 nitrogen and oxygen atoms in total. The number of pyridine rings is 1. The summed E-state index contributed by atoms with van der Waals surface area (Å²) in [5.74, 6) is 0.868. The summed E-state index contributed by atoms with van der Waals surface area (Å²) in [4.78, 5) is 40.9. The van der Waals surface area contributed by atoms with Crippen molar-refractivity contribution >= 4 is 23.1 Å².